The number of aromatic nitrogens is 1. The van der Waals surface area contributed by atoms with Gasteiger partial charge in [0.1, 0.15) is 0 Å². The SMILES string of the molecule is O[C@@H](CN1CCCCCC1)CN1CCn2c3c(c4cc(C5CCCCC5)ccc42)CCC[C@H]31. The molecule has 1 N–H and O–H groups in total. The van der Waals surface area contributed by atoms with Crippen molar-refractivity contribution in [2.24, 2.45) is 0 Å². The molecule has 0 unspecified atom stereocenters. The second-order valence-electron chi connectivity index (χ2n) is 11.4. The van der Waals surface area contributed by atoms with Crippen molar-refractivity contribution in [3.63, 3.8) is 0 Å². The lowest BCUT2D eigenvalue weighted by Crippen LogP contribution is -2.46. The number of hydrogen-bond donors (Lipinski definition) is 1. The molecule has 4 nitrogen and oxygen atoms in total. The van der Waals surface area contributed by atoms with Gasteiger partial charge in [0.2, 0.25) is 0 Å². The molecule has 1 aromatic heterocycles. The topological polar surface area (TPSA) is 31.6 Å². The van der Waals surface area contributed by atoms with Gasteiger partial charge in [0.15, 0.2) is 0 Å². The van der Waals surface area contributed by atoms with Crippen LogP contribution in [0.3, 0.4) is 0 Å². The van der Waals surface area contributed by atoms with Gasteiger partial charge >= 0.3 is 0 Å². The summed E-state index contributed by atoms with van der Waals surface area (Å²) in [6.07, 6.45) is 15.8. The molecule has 2 fully saturated rings. The fourth-order valence-electron chi connectivity index (χ4n) is 7.55. The Kier molecular flexibility index (Phi) is 6.51. The molecule has 4 aliphatic rings. The van der Waals surface area contributed by atoms with Gasteiger partial charge in [0.05, 0.1) is 12.1 Å². The third kappa shape index (κ3) is 4.39. The Morgan fingerprint density at radius 1 is 0.818 bits per heavy atom. The van der Waals surface area contributed by atoms with Crippen molar-refractivity contribution in [1.29, 1.82) is 0 Å². The molecular formula is C29H43N3O. The van der Waals surface area contributed by atoms with Crippen molar-refractivity contribution in [2.75, 3.05) is 32.7 Å². The van der Waals surface area contributed by atoms with Crippen LogP contribution in [0.4, 0.5) is 0 Å². The van der Waals surface area contributed by atoms with E-state index in [1.54, 1.807) is 22.2 Å². The first-order chi connectivity index (χ1) is 16.3. The van der Waals surface area contributed by atoms with Gasteiger partial charge in [0.25, 0.3) is 0 Å². The lowest BCUT2D eigenvalue weighted by Gasteiger charge is -2.41. The highest BCUT2D eigenvalue weighted by Crippen LogP contribution is 2.44. The molecule has 0 spiro atoms. The Hall–Kier alpha value is -1.36. The summed E-state index contributed by atoms with van der Waals surface area (Å²) < 4.78 is 2.65. The van der Waals surface area contributed by atoms with Crippen molar-refractivity contribution in [1.82, 2.24) is 14.4 Å². The summed E-state index contributed by atoms with van der Waals surface area (Å²) in [5.41, 5.74) is 6.28. The number of aliphatic hydroxyl groups is 1. The van der Waals surface area contributed by atoms with Crippen LogP contribution in [0.15, 0.2) is 18.2 Å². The Labute approximate surface area is 199 Å². The summed E-state index contributed by atoms with van der Waals surface area (Å²) in [5.74, 6) is 0.775. The lowest BCUT2D eigenvalue weighted by molar-refractivity contribution is 0.0426. The number of nitrogens with zero attached hydrogens (tertiary/aromatic N) is 3. The number of rotatable bonds is 5. The fourth-order valence-corrected chi connectivity index (χ4v) is 7.55. The van der Waals surface area contributed by atoms with Gasteiger partial charge < -0.3 is 14.6 Å². The van der Waals surface area contributed by atoms with Crippen molar-refractivity contribution < 1.29 is 5.11 Å². The average Bonchev–Trinajstić information content (AvgIpc) is 2.98. The molecule has 2 aliphatic carbocycles. The van der Waals surface area contributed by atoms with Crippen molar-refractivity contribution in [3.05, 3.63) is 35.0 Å². The molecule has 33 heavy (non-hydrogen) atoms. The fraction of sp³-hybridized carbons (Fsp3) is 0.724. The molecule has 2 aromatic rings. The summed E-state index contributed by atoms with van der Waals surface area (Å²) in [5, 5.41) is 12.6. The van der Waals surface area contributed by atoms with Crippen LogP contribution in [-0.2, 0) is 13.0 Å². The van der Waals surface area contributed by atoms with Gasteiger partial charge in [-0.1, -0.05) is 38.2 Å². The Balaban J connectivity index is 1.23. The average molecular weight is 450 g/mol. The minimum absolute atomic E-state index is 0.234. The first-order valence-electron chi connectivity index (χ1n) is 14.1. The molecular weight excluding hydrogens is 406 g/mol. The van der Waals surface area contributed by atoms with E-state index in [9.17, 15) is 5.11 Å². The lowest BCUT2D eigenvalue weighted by atomic mass is 9.83. The van der Waals surface area contributed by atoms with E-state index >= 15 is 0 Å². The molecule has 2 atom stereocenters. The minimum atomic E-state index is -0.234. The number of hydrogen-bond acceptors (Lipinski definition) is 3. The third-order valence-corrected chi connectivity index (χ3v) is 9.20. The van der Waals surface area contributed by atoms with Crippen LogP contribution >= 0.6 is 0 Å². The molecule has 0 radical (unpaired) electrons. The number of aryl methyl sites for hydroxylation is 1. The van der Waals surface area contributed by atoms with Gasteiger partial charge in [0, 0.05) is 42.8 Å². The Bertz CT molecular complexity index is 951. The van der Waals surface area contributed by atoms with E-state index in [1.165, 1.54) is 95.7 Å². The Morgan fingerprint density at radius 3 is 2.42 bits per heavy atom. The quantitative estimate of drug-likeness (QED) is 0.643. The second-order valence-corrected chi connectivity index (χ2v) is 11.4. The van der Waals surface area contributed by atoms with E-state index in [0.717, 1.165) is 32.1 Å². The van der Waals surface area contributed by atoms with Gasteiger partial charge in [-0.15, -0.1) is 0 Å². The van der Waals surface area contributed by atoms with Crippen LogP contribution in [0.25, 0.3) is 10.9 Å². The summed E-state index contributed by atoms with van der Waals surface area (Å²) in [6.45, 7) is 6.16. The molecule has 1 saturated heterocycles. The highest BCUT2D eigenvalue weighted by molar-refractivity contribution is 5.87. The monoisotopic (exact) mass is 449 g/mol. The molecule has 1 saturated carbocycles. The van der Waals surface area contributed by atoms with E-state index in [-0.39, 0.29) is 6.10 Å². The van der Waals surface area contributed by atoms with Crippen LogP contribution in [-0.4, -0.2) is 58.3 Å². The standard InChI is InChI=1S/C29H43N3O/c33-24(20-30-15-6-1-2-7-16-30)21-31-17-18-32-27-14-13-23(22-9-4-3-5-10-22)19-26(27)25-11-8-12-28(31)29(25)32/h13-14,19,22,24,28,33H,1-12,15-18,20-21H2/t24-,28+/m0/s1. The normalized spacial score (nSPS) is 26.3. The van der Waals surface area contributed by atoms with E-state index < -0.39 is 0 Å². The first-order valence-corrected chi connectivity index (χ1v) is 14.1. The van der Waals surface area contributed by atoms with Crippen LogP contribution < -0.4 is 0 Å². The number of likely N-dealkylation sites (tertiary alicyclic amines) is 1. The van der Waals surface area contributed by atoms with Crippen LogP contribution in [0.5, 0.6) is 0 Å². The van der Waals surface area contributed by atoms with E-state index in [4.69, 9.17) is 0 Å². The summed E-state index contributed by atoms with van der Waals surface area (Å²) in [6, 6.07) is 7.96. The largest absolute Gasteiger partial charge is 0.390 e. The zero-order valence-electron chi connectivity index (χ0n) is 20.5. The van der Waals surface area contributed by atoms with Gasteiger partial charge in [-0.25, -0.2) is 0 Å². The summed E-state index contributed by atoms with van der Waals surface area (Å²) >= 11 is 0. The molecule has 180 valence electrons. The number of fused-ring (bicyclic) bond motifs is 3. The molecule has 1 aromatic carbocycles. The zero-order chi connectivity index (χ0) is 22.2. The van der Waals surface area contributed by atoms with Crippen molar-refractivity contribution in [3.8, 4) is 0 Å². The number of aliphatic hydroxyl groups excluding tert-OH is 1. The Morgan fingerprint density at radius 2 is 1.61 bits per heavy atom. The maximum Gasteiger partial charge on any atom is 0.0794 e. The highest BCUT2D eigenvalue weighted by atomic mass is 16.3. The predicted octanol–water partition coefficient (Wildman–Crippen LogP) is 5.62. The summed E-state index contributed by atoms with van der Waals surface area (Å²) in [7, 11) is 0. The molecule has 0 amide bonds. The van der Waals surface area contributed by atoms with Crippen LogP contribution in [0.2, 0.25) is 0 Å². The smallest absolute Gasteiger partial charge is 0.0794 e. The maximum atomic E-state index is 11.0. The van der Waals surface area contributed by atoms with Gasteiger partial charge in [-0.2, -0.15) is 0 Å². The molecule has 6 rings (SSSR count). The predicted molar refractivity (Wildman–Crippen MR) is 136 cm³/mol. The molecule has 2 aliphatic heterocycles. The number of benzene rings is 1. The molecule has 3 heterocycles. The van der Waals surface area contributed by atoms with Crippen molar-refractivity contribution in [2.45, 2.75) is 102 Å². The van der Waals surface area contributed by atoms with Crippen LogP contribution in [0, 0.1) is 0 Å². The van der Waals surface area contributed by atoms with Crippen LogP contribution in [0.1, 0.15) is 99.4 Å². The second kappa shape index (κ2) is 9.71. The minimum Gasteiger partial charge on any atom is -0.390 e. The van der Waals surface area contributed by atoms with E-state index in [2.05, 4.69) is 32.6 Å². The van der Waals surface area contributed by atoms with Gasteiger partial charge in [-0.3, -0.25) is 4.90 Å². The maximum absolute atomic E-state index is 11.0. The van der Waals surface area contributed by atoms with E-state index in [0.29, 0.717) is 6.04 Å². The number of β-amino-alcohol motifs (C(OH)–C–C–N with tert-alkyl or cyclic N) is 1. The molecule has 4 heteroatoms. The van der Waals surface area contributed by atoms with Gasteiger partial charge in [-0.05, 0) is 87.2 Å². The summed E-state index contributed by atoms with van der Waals surface area (Å²) in [4.78, 5) is 5.14. The zero-order valence-corrected chi connectivity index (χ0v) is 20.5. The van der Waals surface area contributed by atoms with E-state index in [1.807, 2.05) is 0 Å². The first kappa shape index (κ1) is 22.1. The highest BCUT2D eigenvalue weighted by Gasteiger charge is 2.35. The third-order valence-electron chi connectivity index (χ3n) is 9.20. The molecule has 0 bridgehead atoms. The van der Waals surface area contributed by atoms with Crippen molar-refractivity contribution >= 4 is 10.9 Å².